The predicted octanol–water partition coefficient (Wildman–Crippen LogP) is 0.917. The molecule has 1 rings (SSSR count). The molecule has 0 radical (unpaired) electrons. The molecule has 1 aromatic heterocycles. The first-order valence-electron chi connectivity index (χ1n) is 2.86. The number of hydrogen-bond donors (Lipinski definition) is 1. The van der Waals surface area contributed by atoms with Crippen LogP contribution < -0.4 is 0 Å². The molecule has 0 spiro atoms. The fraction of sp³-hybridized carbons (Fsp3) is 0.143. The lowest BCUT2D eigenvalue weighted by Crippen LogP contribution is -2.01. The molecule has 0 fully saturated rings. The third-order valence-electron chi connectivity index (χ3n) is 1.31. The lowest BCUT2D eigenvalue weighted by molar-refractivity contribution is 0.914. The van der Waals surface area contributed by atoms with Crippen molar-refractivity contribution in [3.05, 3.63) is 24.0 Å². The second-order valence-electron chi connectivity index (χ2n) is 1.99. The summed E-state index contributed by atoms with van der Waals surface area (Å²) in [7, 11) is 1.81. The van der Waals surface area contributed by atoms with Gasteiger partial charge in [0.15, 0.2) is 5.71 Å². The summed E-state index contributed by atoms with van der Waals surface area (Å²) in [6.45, 7) is 0. The Morgan fingerprint density at radius 3 is 2.90 bits per heavy atom. The van der Waals surface area contributed by atoms with Gasteiger partial charge in [-0.2, -0.15) is 5.26 Å². The van der Waals surface area contributed by atoms with Crippen molar-refractivity contribution in [1.29, 1.82) is 10.7 Å². The fourth-order valence-corrected chi connectivity index (χ4v) is 0.778. The Bertz CT molecular complexity index is 290. The van der Waals surface area contributed by atoms with E-state index >= 15 is 0 Å². The molecule has 3 nitrogen and oxygen atoms in total. The highest BCUT2D eigenvalue weighted by molar-refractivity contribution is 6.08. The SMILES string of the molecule is Cn1cccc1C(=N)C#N. The molecule has 3 heteroatoms. The van der Waals surface area contributed by atoms with Crippen LogP contribution in [0.3, 0.4) is 0 Å². The molecule has 1 aromatic rings. The number of nitriles is 1. The predicted molar refractivity (Wildman–Crippen MR) is 37.9 cm³/mol. The number of hydrogen-bond acceptors (Lipinski definition) is 2. The Morgan fingerprint density at radius 1 is 1.80 bits per heavy atom. The van der Waals surface area contributed by atoms with Crippen LogP contribution in [0, 0.1) is 16.7 Å². The summed E-state index contributed by atoms with van der Waals surface area (Å²) >= 11 is 0. The second-order valence-corrected chi connectivity index (χ2v) is 1.99. The van der Waals surface area contributed by atoms with Crippen LogP contribution in [0.4, 0.5) is 0 Å². The third-order valence-corrected chi connectivity index (χ3v) is 1.31. The van der Waals surface area contributed by atoms with Gasteiger partial charge in [-0.3, -0.25) is 5.41 Å². The molecule has 0 atom stereocenters. The minimum atomic E-state index is 0.00694. The summed E-state index contributed by atoms with van der Waals surface area (Å²) in [5.74, 6) is 0. The fourth-order valence-electron chi connectivity index (χ4n) is 0.778. The number of rotatable bonds is 1. The normalized spacial score (nSPS) is 8.80. The highest BCUT2D eigenvalue weighted by Crippen LogP contribution is 1.98. The number of nitrogens with zero attached hydrogens (tertiary/aromatic N) is 2. The highest BCUT2D eigenvalue weighted by atomic mass is 14.9. The molecule has 0 aliphatic carbocycles. The zero-order valence-electron chi connectivity index (χ0n) is 5.63. The van der Waals surface area contributed by atoms with Gasteiger partial charge in [0.1, 0.15) is 6.07 Å². The molecular weight excluding hydrogens is 126 g/mol. The Morgan fingerprint density at radius 2 is 2.50 bits per heavy atom. The molecule has 0 bridgehead atoms. The molecule has 0 aliphatic heterocycles. The molecule has 0 saturated heterocycles. The first-order valence-corrected chi connectivity index (χ1v) is 2.86. The summed E-state index contributed by atoms with van der Waals surface area (Å²) in [4.78, 5) is 0. The minimum absolute atomic E-state index is 0.00694. The summed E-state index contributed by atoms with van der Waals surface area (Å²) in [6, 6.07) is 5.32. The van der Waals surface area contributed by atoms with Gasteiger partial charge in [-0.25, -0.2) is 0 Å². The zero-order valence-corrected chi connectivity index (χ0v) is 5.63. The molecule has 0 aliphatic rings. The van der Waals surface area contributed by atoms with E-state index in [4.69, 9.17) is 10.7 Å². The van der Waals surface area contributed by atoms with Crippen LogP contribution in [-0.4, -0.2) is 10.3 Å². The van der Waals surface area contributed by atoms with Crippen molar-refractivity contribution >= 4 is 5.71 Å². The van der Waals surface area contributed by atoms with Gasteiger partial charge in [-0.15, -0.1) is 0 Å². The largest absolute Gasteiger partial charge is 0.349 e. The summed E-state index contributed by atoms with van der Waals surface area (Å²) in [5.41, 5.74) is 0.662. The molecule has 50 valence electrons. The first-order chi connectivity index (χ1) is 4.75. The average Bonchev–Trinajstić information content (AvgIpc) is 2.34. The van der Waals surface area contributed by atoms with Gasteiger partial charge in [0.25, 0.3) is 0 Å². The standard InChI is InChI=1S/C7H7N3/c1-10-4-2-3-7(10)6(9)5-8/h2-4,9H,1H3. The monoisotopic (exact) mass is 133 g/mol. The maximum atomic E-state index is 8.34. The van der Waals surface area contributed by atoms with Crippen molar-refractivity contribution in [2.75, 3.05) is 0 Å². The summed E-state index contributed by atoms with van der Waals surface area (Å²) in [5, 5.41) is 15.5. The van der Waals surface area contributed by atoms with Crippen LogP contribution in [-0.2, 0) is 7.05 Å². The van der Waals surface area contributed by atoms with Gasteiger partial charge in [0, 0.05) is 13.2 Å². The molecule has 0 aromatic carbocycles. The lowest BCUT2D eigenvalue weighted by atomic mass is 10.3. The van der Waals surface area contributed by atoms with Crippen molar-refractivity contribution in [2.45, 2.75) is 0 Å². The van der Waals surface area contributed by atoms with Crippen LogP contribution >= 0.6 is 0 Å². The van der Waals surface area contributed by atoms with Crippen molar-refractivity contribution < 1.29 is 0 Å². The first kappa shape index (κ1) is 6.56. The van der Waals surface area contributed by atoms with Crippen molar-refractivity contribution in [3.63, 3.8) is 0 Å². The molecule has 1 N–H and O–H groups in total. The average molecular weight is 133 g/mol. The van der Waals surface area contributed by atoms with Gasteiger partial charge in [0.05, 0.1) is 5.69 Å². The van der Waals surface area contributed by atoms with Crippen molar-refractivity contribution in [1.82, 2.24) is 4.57 Å². The Balaban J connectivity index is 3.08. The van der Waals surface area contributed by atoms with Gasteiger partial charge in [0.2, 0.25) is 0 Å². The smallest absolute Gasteiger partial charge is 0.156 e. The van der Waals surface area contributed by atoms with E-state index < -0.39 is 0 Å². The Kier molecular flexibility index (Phi) is 1.55. The molecule has 0 saturated carbocycles. The summed E-state index contributed by atoms with van der Waals surface area (Å²) < 4.78 is 1.74. The molecule has 0 unspecified atom stereocenters. The van der Waals surface area contributed by atoms with E-state index in [0.29, 0.717) is 5.69 Å². The topological polar surface area (TPSA) is 52.6 Å². The van der Waals surface area contributed by atoms with E-state index in [-0.39, 0.29) is 5.71 Å². The van der Waals surface area contributed by atoms with E-state index in [2.05, 4.69) is 0 Å². The Hall–Kier alpha value is -1.56. The van der Waals surface area contributed by atoms with E-state index in [9.17, 15) is 0 Å². The van der Waals surface area contributed by atoms with Crippen LogP contribution in [0.25, 0.3) is 0 Å². The molecular formula is C7H7N3. The van der Waals surface area contributed by atoms with Crippen LogP contribution in [0.2, 0.25) is 0 Å². The van der Waals surface area contributed by atoms with E-state index in [0.717, 1.165) is 0 Å². The van der Waals surface area contributed by atoms with Crippen molar-refractivity contribution in [3.8, 4) is 6.07 Å². The lowest BCUT2D eigenvalue weighted by Gasteiger charge is -1.95. The van der Waals surface area contributed by atoms with Gasteiger partial charge >= 0.3 is 0 Å². The maximum absolute atomic E-state index is 8.34. The second kappa shape index (κ2) is 2.36. The number of aryl methyl sites for hydroxylation is 1. The zero-order chi connectivity index (χ0) is 7.56. The number of aromatic nitrogens is 1. The Labute approximate surface area is 59.0 Å². The quantitative estimate of drug-likeness (QED) is 0.569. The van der Waals surface area contributed by atoms with Gasteiger partial charge < -0.3 is 4.57 Å². The van der Waals surface area contributed by atoms with Crippen LogP contribution in [0.15, 0.2) is 18.3 Å². The van der Waals surface area contributed by atoms with Gasteiger partial charge in [-0.1, -0.05) is 0 Å². The highest BCUT2D eigenvalue weighted by Gasteiger charge is 2.00. The number of nitrogens with one attached hydrogen (secondary N) is 1. The van der Waals surface area contributed by atoms with E-state index in [1.54, 1.807) is 36.0 Å². The van der Waals surface area contributed by atoms with Crippen LogP contribution in [0.1, 0.15) is 5.69 Å². The third kappa shape index (κ3) is 0.914. The molecule has 0 amide bonds. The molecule has 10 heavy (non-hydrogen) atoms. The van der Waals surface area contributed by atoms with E-state index in [1.165, 1.54) is 0 Å². The van der Waals surface area contributed by atoms with Crippen molar-refractivity contribution in [2.24, 2.45) is 7.05 Å². The van der Waals surface area contributed by atoms with Crippen LogP contribution in [0.5, 0.6) is 0 Å². The van der Waals surface area contributed by atoms with E-state index in [1.807, 2.05) is 0 Å². The minimum Gasteiger partial charge on any atom is -0.349 e. The molecule has 1 heterocycles. The maximum Gasteiger partial charge on any atom is 0.156 e. The summed E-state index contributed by atoms with van der Waals surface area (Å²) in [6.07, 6.45) is 1.81. The van der Waals surface area contributed by atoms with Gasteiger partial charge in [-0.05, 0) is 12.1 Å².